The minimum Gasteiger partial charge on any atom is -0.422 e. The van der Waals surface area contributed by atoms with Crippen molar-refractivity contribution in [2.75, 3.05) is 25.5 Å². The zero-order chi connectivity index (χ0) is 34.2. The van der Waals surface area contributed by atoms with Gasteiger partial charge in [-0.25, -0.2) is 13.2 Å². The number of hydrogen-bond acceptors (Lipinski definition) is 9. The molecular weight excluding hydrogens is 636 g/mol. The first-order valence-electron chi connectivity index (χ1n) is 13.4. The van der Waals surface area contributed by atoms with E-state index in [2.05, 4.69) is 43.8 Å². The summed E-state index contributed by atoms with van der Waals surface area (Å²) in [7, 11) is 0. The smallest absolute Gasteiger partial charge is 0.298 e. The van der Waals surface area contributed by atoms with E-state index in [1.165, 1.54) is 11.8 Å². The molecule has 7 nitrogen and oxygen atoms in total. The van der Waals surface area contributed by atoms with Gasteiger partial charge in [0.25, 0.3) is 6.47 Å². The summed E-state index contributed by atoms with van der Waals surface area (Å²) in [6.07, 6.45) is 2.69. The van der Waals surface area contributed by atoms with Gasteiger partial charge in [0.15, 0.2) is 0 Å². The highest BCUT2D eigenvalue weighted by atomic mass is 32.2. The van der Waals surface area contributed by atoms with Crippen LogP contribution in [0, 0.1) is 52.3 Å². The second-order valence-corrected chi connectivity index (χ2v) is 13.5. The monoisotopic (exact) mass is 678 g/mol. The first-order valence-corrected chi connectivity index (χ1v) is 15.6. The molecule has 1 atom stereocenters. The summed E-state index contributed by atoms with van der Waals surface area (Å²) >= 11 is 8.16. The number of thiocarbonyl (C=S) groups is 1. The topological polar surface area (TPSA) is 120 Å². The highest BCUT2D eigenvalue weighted by Gasteiger charge is 2.28. The van der Waals surface area contributed by atoms with Crippen molar-refractivity contribution in [2.45, 2.75) is 78.9 Å². The fourth-order valence-corrected chi connectivity index (χ4v) is 5.11. The van der Waals surface area contributed by atoms with Crippen LogP contribution in [0.2, 0.25) is 0 Å². The molecule has 1 aromatic carbocycles. The molecule has 0 fully saturated rings. The van der Waals surface area contributed by atoms with Gasteiger partial charge in [-0.2, -0.15) is 14.0 Å². The summed E-state index contributed by atoms with van der Waals surface area (Å²) in [6.45, 7) is 15.0. The predicted octanol–water partition coefficient (Wildman–Crippen LogP) is 6.92. The zero-order valence-electron chi connectivity index (χ0n) is 25.6. The molecule has 0 aliphatic rings. The van der Waals surface area contributed by atoms with Crippen LogP contribution in [0.3, 0.4) is 0 Å². The normalized spacial score (nSPS) is 11.4. The fraction of sp³-hybridized carbons (Fsp3) is 0.643. The van der Waals surface area contributed by atoms with Gasteiger partial charge in [0.2, 0.25) is 40.7 Å². The number of rotatable bonds is 12. The summed E-state index contributed by atoms with van der Waals surface area (Å²) in [4.78, 5) is 21.3. The number of amides is 1. The summed E-state index contributed by atoms with van der Waals surface area (Å²) in [5.41, 5.74) is 0. The van der Waals surface area contributed by atoms with E-state index < -0.39 is 46.1 Å². The van der Waals surface area contributed by atoms with Gasteiger partial charge in [0, 0.05) is 26.2 Å². The van der Waals surface area contributed by atoms with Gasteiger partial charge in [0.05, 0.1) is 6.07 Å². The van der Waals surface area contributed by atoms with Gasteiger partial charge in [-0.15, -0.1) is 11.8 Å². The molecule has 0 saturated heterocycles. The molecule has 0 radical (unpaired) electrons. The second-order valence-electron chi connectivity index (χ2n) is 9.57. The maximum absolute atomic E-state index is 12.6. The summed E-state index contributed by atoms with van der Waals surface area (Å²) in [6, 6.07) is 2.27. The lowest BCUT2D eigenvalue weighted by Gasteiger charge is -2.20. The Morgan fingerprint density at radius 2 is 1.51 bits per heavy atom. The average molecular weight is 679 g/mol. The number of hydrogen-bond donors (Lipinski definition) is 3. The van der Waals surface area contributed by atoms with Crippen LogP contribution in [0.15, 0.2) is 0 Å². The van der Waals surface area contributed by atoms with Crippen molar-refractivity contribution < 1.29 is 46.5 Å². The zero-order valence-corrected chi connectivity index (χ0v) is 28.0. The van der Waals surface area contributed by atoms with Gasteiger partial charge < -0.3 is 20.3 Å². The molecule has 0 saturated carbocycles. The standard InChI is InChI=1S/C13H22N2OS3.C7HF5O2.C5H12O.C3H8O/c1-5-18-12(17)19-13(4,9-14)7-6-11(16)15-8-10(2)3;8-2-3(9)5(11)7(14-1-13)6(12)4(2)10;1-5(2)3-4-6;1-2-3-4/h10H,5-8H2,1-4H3,(H,15,16);1H;5-6H,3-4H2,1-2H3;4H,2-3H2,1H3. The van der Waals surface area contributed by atoms with E-state index in [4.69, 9.17) is 22.4 Å². The molecule has 1 amide bonds. The Bertz CT molecular complexity index is 983. The van der Waals surface area contributed by atoms with Crippen LogP contribution in [-0.2, 0) is 9.59 Å². The molecule has 43 heavy (non-hydrogen) atoms. The van der Waals surface area contributed by atoms with E-state index >= 15 is 0 Å². The van der Waals surface area contributed by atoms with Crippen LogP contribution in [0.25, 0.3) is 0 Å². The molecule has 1 rings (SSSR count). The number of aliphatic hydroxyl groups excluding tert-OH is 2. The van der Waals surface area contributed by atoms with Crippen molar-refractivity contribution >= 4 is 51.6 Å². The Kier molecular flexibility index (Phi) is 27.9. The number of benzene rings is 1. The molecular formula is C28H43F5N2O5S3. The van der Waals surface area contributed by atoms with Crippen LogP contribution >= 0.6 is 35.7 Å². The van der Waals surface area contributed by atoms with Gasteiger partial charge in [-0.3, -0.25) is 9.59 Å². The van der Waals surface area contributed by atoms with Crippen LogP contribution < -0.4 is 10.1 Å². The number of carbonyl (C=O) groups excluding carboxylic acids is 2. The Morgan fingerprint density at radius 1 is 1.02 bits per heavy atom. The van der Waals surface area contributed by atoms with E-state index in [0.29, 0.717) is 44.4 Å². The van der Waals surface area contributed by atoms with Crippen molar-refractivity contribution in [3.05, 3.63) is 29.1 Å². The highest BCUT2D eigenvalue weighted by molar-refractivity contribution is 8.47. The molecule has 0 aliphatic carbocycles. The molecule has 0 heterocycles. The van der Waals surface area contributed by atoms with Crippen LogP contribution in [0.1, 0.15) is 74.1 Å². The van der Waals surface area contributed by atoms with Crippen LogP contribution in [0.5, 0.6) is 5.75 Å². The van der Waals surface area contributed by atoms with Crippen molar-refractivity contribution in [3.8, 4) is 11.8 Å². The molecule has 0 aromatic heterocycles. The number of halogens is 5. The lowest BCUT2D eigenvalue weighted by atomic mass is 10.1. The molecule has 0 aliphatic heterocycles. The van der Waals surface area contributed by atoms with Gasteiger partial charge in [-0.05, 0) is 43.8 Å². The van der Waals surface area contributed by atoms with Crippen LogP contribution in [-0.4, -0.2) is 56.4 Å². The molecule has 3 N–H and O–H groups in total. The molecule has 1 aromatic rings. The van der Waals surface area contributed by atoms with E-state index in [-0.39, 0.29) is 5.91 Å². The average Bonchev–Trinajstić information content (AvgIpc) is 2.96. The number of ether oxygens (including phenoxy) is 1. The van der Waals surface area contributed by atoms with Crippen molar-refractivity contribution in [2.24, 2.45) is 11.8 Å². The second kappa shape index (κ2) is 26.4. The predicted molar refractivity (Wildman–Crippen MR) is 166 cm³/mol. The maximum atomic E-state index is 12.6. The third-order valence-electron chi connectivity index (χ3n) is 4.61. The Hall–Kier alpha value is -1.99. The lowest BCUT2D eigenvalue weighted by Crippen LogP contribution is -2.29. The third kappa shape index (κ3) is 22.2. The minimum absolute atomic E-state index is 0.00448. The number of carbonyl (C=O) groups is 2. The number of nitrogens with one attached hydrogen (secondary N) is 1. The number of aliphatic hydroxyl groups is 2. The van der Waals surface area contributed by atoms with Crippen molar-refractivity contribution in [1.29, 1.82) is 5.26 Å². The Labute approximate surface area is 265 Å². The number of nitrogens with zero attached hydrogens (tertiary/aromatic N) is 1. The van der Waals surface area contributed by atoms with Crippen LogP contribution in [0.4, 0.5) is 22.0 Å². The maximum Gasteiger partial charge on any atom is 0.298 e. The van der Waals surface area contributed by atoms with Gasteiger partial charge >= 0.3 is 0 Å². The van der Waals surface area contributed by atoms with E-state index in [0.717, 1.165) is 22.1 Å². The van der Waals surface area contributed by atoms with E-state index in [1.54, 1.807) is 11.8 Å². The summed E-state index contributed by atoms with van der Waals surface area (Å²) in [5, 5.41) is 28.2. The molecule has 0 bridgehead atoms. The number of thioether (sulfide) groups is 2. The quantitative estimate of drug-likeness (QED) is 0.0712. The highest BCUT2D eigenvalue weighted by Crippen LogP contribution is 2.34. The first-order chi connectivity index (χ1) is 20.0. The summed E-state index contributed by atoms with van der Waals surface area (Å²) < 4.78 is 66.0. The van der Waals surface area contributed by atoms with Crippen molar-refractivity contribution in [1.82, 2.24) is 5.32 Å². The Balaban J connectivity index is -0.000000578. The molecule has 15 heteroatoms. The Morgan fingerprint density at radius 3 is 1.84 bits per heavy atom. The molecule has 0 spiro atoms. The van der Waals surface area contributed by atoms with Gasteiger partial charge in [0.1, 0.15) is 8.28 Å². The number of nitriles is 1. The third-order valence-corrected chi connectivity index (χ3v) is 7.25. The van der Waals surface area contributed by atoms with E-state index in [9.17, 15) is 36.8 Å². The largest absolute Gasteiger partial charge is 0.422 e. The minimum atomic E-state index is -2.31. The molecule has 248 valence electrons. The lowest BCUT2D eigenvalue weighted by molar-refractivity contribution is -0.122. The van der Waals surface area contributed by atoms with E-state index in [1.807, 2.05) is 20.8 Å². The SMILES string of the molecule is CC(C)CCO.CCCO.CCSC(=S)SC(C)(C#N)CCC(=O)NCC(C)C.O=COc1c(F)c(F)c(F)c(F)c1F. The first kappa shape index (κ1) is 45.4. The fourth-order valence-electron chi connectivity index (χ4n) is 2.21. The van der Waals surface area contributed by atoms with Gasteiger partial charge in [-0.1, -0.05) is 65.5 Å². The van der Waals surface area contributed by atoms with Crippen molar-refractivity contribution in [3.63, 3.8) is 0 Å². The summed E-state index contributed by atoms with van der Waals surface area (Å²) in [5.74, 6) is -10.6. The molecule has 1 unspecified atom stereocenters.